The van der Waals surface area contributed by atoms with E-state index in [0.717, 1.165) is 15.7 Å². The van der Waals surface area contributed by atoms with Crippen LogP contribution in [0.15, 0.2) is 94.5 Å². The molecule has 1 aliphatic heterocycles. The van der Waals surface area contributed by atoms with E-state index in [1.807, 2.05) is 84.9 Å². The van der Waals surface area contributed by atoms with Crippen LogP contribution in [0.5, 0.6) is 0 Å². The number of rotatable bonds is 5. The molecule has 4 rings (SSSR count). The number of Topliss-reactive ketones (excluding diaryl/α,β-unsaturated/α-hetero) is 1. The third-order valence-corrected chi connectivity index (χ3v) is 5.55. The maximum Gasteiger partial charge on any atom is 0.272 e. The van der Waals surface area contributed by atoms with E-state index in [0.29, 0.717) is 11.4 Å². The van der Waals surface area contributed by atoms with Crippen LogP contribution < -0.4 is 10.3 Å². The third kappa shape index (κ3) is 4.04. The number of carbonyl (C=O) groups excluding carboxylic acids is 2. The molecule has 2 atom stereocenters. The summed E-state index contributed by atoms with van der Waals surface area (Å²) in [7, 11) is 0. The van der Waals surface area contributed by atoms with Crippen LogP contribution in [-0.4, -0.2) is 23.4 Å². The number of hydrogen-bond donors (Lipinski definition) is 1. The van der Waals surface area contributed by atoms with Gasteiger partial charge in [0.15, 0.2) is 5.78 Å². The fourth-order valence-corrected chi connectivity index (χ4v) is 3.92. The van der Waals surface area contributed by atoms with Crippen LogP contribution in [0.4, 0.5) is 11.4 Å². The molecule has 1 aliphatic rings. The van der Waals surface area contributed by atoms with Gasteiger partial charge < -0.3 is 5.32 Å². The van der Waals surface area contributed by atoms with Crippen molar-refractivity contribution in [3.8, 4) is 0 Å². The molecule has 1 N–H and O–H groups in total. The van der Waals surface area contributed by atoms with Crippen molar-refractivity contribution in [1.82, 2.24) is 0 Å². The topological polar surface area (TPSA) is 61.8 Å². The molecule has 6 heteroatoms. The van der Waals surface area contributed by atoms with Gasteiger partial charge in [0, 0.05) is 10.2 Å². The maximum absolute atomic E-state index is 13.2. The van der Waals surface area contributed by atoms with Gasteiger partial charge >= 0.3 is 0 Å². The Morgan fingerprint density at radius 1 is 0.900 bits per heavy atom. The molecule has 2 unspecified atom stereocenters. The summed E-state index contributed by atoms with van der Waals surface area (Å²) in [5, 5.41) is 9.21. The number of carbonyl (C=O) groups is 2. The van der Waals surface area contributed by atoms with Crippen LogP contribution >= 0.6 is 15.9 Å². The maximum atomic E-state index is 13.2. The predicted molar refractivity (Wildman–Crippen MR) is 123 cm³/mol. The number of ketones is 1. The van der Waals surface area contributed by atoms with E-state index in [1.165, 1.54) is 0 Å². The summed E-state index contributed by atoms with van der Waals surface area (Å²) in [6, 6.07) is 25.7. The summed E-state index contributed by atoms with van der Waals surface area (Å²) in [5.74, 6) is -0.852. The fraction of sp³-hybridized carbons (Fsp3) is 0.125. The smallest absolute Gasteiger partial charge is 0.272 e. The van der Waals surface area contributed by atoms with Crippen LogP contribution in [0.2, 0.25) is 0 Å². The standard InChI is InChI=1S/C24H20BrN3O2/c1-16(29)23-21(17-8-4-2-5-9-17)22(24(30)26-19-10-6-3-7-11-19)27-28(23)20-14-12-18(25)13-15-20/h2-15,21,23H,1H3,(H,26,30). The van der Waals surface area contributed by atoms with E-state index in [2.05, 4.69) is 26.3 Å². The van der Waals surface area contributed by atoms with Crippen LogP contribution in [0, 0.1) is 0 Å². The summed E-state index contributed by atoms with van der Waals surface area (Å²) >= 11 is 3.43. The first-order valence-corrected chi connectivity index (χ1v) is 10.4. The Hall–Kier alpha value is -3.25. The SMILES string of the molecule is CC(=O)C1C(c2ccccc2)C(C(=O)Nc2ccccc2)=NN1c1ccc(Br)cc1. The monoisotopic (exact) mass is 461 g/mol. The normalized spacial score (nSPS) is 18.1. The number of nitrogens with zero attached hydrogens (tertiary/aromatic N) is 2. The van der Waals surface area contributed by atoms with Gasteiger partial charge in [0.25, 0.3) is 5.91 Å². The molecule has 0 aromatic heterocycles. The number of halogens is 1. The molecule has 0 saturated heterocycles. The molecule has 3 aromatic carbocycles. The molecule has 0 fully saturated rings. The molecule has 0 bridgehead atoms. The Morgan fingerprint density at radius 3 is 2.10 bits per heavy atom. The molecule has 3 aromatic rings. The van der Waals surface area contributed by atoms with E-state index >= 15 is 0 Å². The van der Waals surface area contributed by atoms with E-state index in [1.54, 1.807) is 11.9 Å². The Bertz CT molecular complexity index is 1080. The predicted octanol–water partition coefficient (Wildman–Crippen LogP) is 5.01. The van der Waals surface area contributed by atoms with Gasteiger partial charge in [-0.25, -0.2) is 0 Å². The zero-order chi connectivity index (χ0) is 21.1. The first kappa shape index (κ1) is 20.0. The van der Waals surface area contributed by atoms with Crippen molar-refractivity contribution in [2.45, 2.75) is 18.9 Å². The van der Waals surface area contributed by atoms with Crippen molar-refractivity contribution in [2.24, 2.45) is 5.10 Å². The van der Waals surface area contributed by atoms with Crippen molar-refractivity contribution in [1.29, 1.82) is 0 Å². The molecule has 1 amide bonds. The molecule has 5 nitrogen and oxygen atoms in total. The van der Waals surface area contributed by atoms with Gasteiger partial charge in [-0.1, -0.05) is 64.5 Å². The number of anilines is 2. The largest absolute Gasteiger partial charge is 0.321 e. The average molecular weight is 462 g/mol. The van der Waals surface area contributed by atoms with Crippen molar-refractivity contribution in [3.05, 3.63) is 95.0 Å². The second kappa shape index (κ2) is 8.63. The van der Waals surface area contributed by atoms with Gasteiger partial charge in [-0.05, 0) is 48.9 Å². The van der Waals surface area contributed by atoms with Crippen molar-refractivity contribution in [2.75, 3.05) is 10.3 Å². The summed E-state index contributed by atoms with van der Waals surface area (Å²) < 4.78 is 0.926. The highest BCUT2D eigenvalue weighted by Gasteiger charge is 2.44. The molecule has 150 valence electrons. The zero-order valence-corrected chi connectivity index (χ0v) is 17.9. The minimum absolute atomic E-state index is 0.0574. The van der Waals surface area contributed by atoms with E-state index in [9.17, 15) is 9.59 Å². The van der Waals surface area contributed by atoms with Gasteiger partial charge in [-0.15, -0.1) is 0 Å². The minimum Gasteiger partial charge on any atom is -0.321 e. The summed E-state index contributed by atoms with van der Waals surface area (Å²) in [4.78, 5) is 26.0. The van der Waals surface area contributed by atoms with Gasteiger partial charge in [-0.3, -0.25) is 14.6 Å². The lowest BCUT2D eigenvalue weighted by Crippen LogP contribution is -2.39. The Morgan fingerprint density at radius 2 is 1.50 bits per heavy atom. The van der Waals surface area contributed by atoms with Crippen molar-refractivity contribution < 1.29 is 9.59 Å². The lowest BCUT2D eigenvalue weighted by atomic mass is 9.85. The third-order valence-electron chi connectivity index (χ3n) is 5.02. The molecule has 30 heavy (non-hydrogen) atoms. The van der Waals surface area contributed by atoms with Gasteiger partial charge in [0.2, 0.25) is 0 Å². The van der Waals surface area contributed by atoms with Crippen LogP contribution in [0.1, 0.15) is 18.4 Å². The molecular weight excluding hydrogens is 442 g/mol. The molecule has 0 radical (unpaired) electrons. The number of benzene rings is 3. The average Bonchev–Trinajstić information content (AvgIpc) is 3.17. The Labute approximate surface area is 183 Å². The zero-order valence-electron chi connectivity index (χ0n) is 16.3. The van der Waals surface area contributed by atoms with Gasteiger partial charge in [0.1, 0.15) is 11.8 Å². The van der Waals surface area contributed by atoms with E-state index in [-0.39, 0.29) is 11.7 Å². The second-order valence-corrected chi connectivity index (χ2v) is 7.99. The highest BCUT2D eigenvalue weighted by atomic mass is 79.9. The molecule has 0 aliphatic carbocycles. The summed E-state index contributed by atoms with van der Waals surface area (Å²) in [5.41, 5.74) is 2.62. The first-order chi connectivity index (χ1) is 14.5. The quantitative estimate of drug-likeness (QED) is 0.580. The second-order valence-electron chi connectivity index (χ2n) is 7.07. The Kier molecular flexibility index (Phi) is 5.77. The van der Waals surface area contributed by atoms with Crippen LogP contribution in [-0.2, 0) is 9.59 Å². The molecule has 0 spiro atoms. The Balaban J connectivity index is 1.78. The van der Waals surface area contributed by atoms with Crippen LogP contribution in [0.3, 0.4) is 0 Å². The fourth-order valence-electron chi connectivity index (χ4n) is 3.65. The highest BCUT2D eigenvalue weighted by Crippen LogP contribution is 2.36. The minimum atomic E-state index is -0.606. The van der Waals surface area contributed by atoms with E-state index < -0.39 is 12.0 Å². The first-order valence-electron chi connectivity index (χ1n) is 9.59. The number of hydrogen-bond acceptors (Lipinski definition) is 4. The summed E-state index contributed by atoms with van der Waals surface area (Å²) in [6.07, 6.45) is 0. The molecular formula is C24H20BrN3O2. The van der Waals surface area contributed by atoms with Crippen molar-refractivity contribution in [3.63, 3.8) is 0 Å². The lowest BCUT2D eigenvalue weighted by Gasteiger charge is -2.26. The number of hydrazone groups is 1. The molecule has 1 heterocycles. The number of para-hydroxylation sites is 1. The molecule has 0 saturated carbocycles. The van der Waals surface area contributed by atoms with Crippen molar-refractivity contribution >= 4 is 44.7 Å². The number of nitrogens with one attached hydrogen (secondary N) is 1. The van der Waals surface area contributed by atoms with E-state index in [4.69, 9.17) is 0 Å². The highest BCUT2D eigenvalue weighted by molar-refractivity contribution is 9.10. The van der Waals surface area contributed by atoms with Crippen LogP contribution in [0.25, 0.3) is 0 Å². The van der Waals surface area contributed by atoms with Gasteiger partial charge in [0.05, 0.1) is 11.6 Å². The summed E-state index contributed by atoms with van der Waals surface area (Å²) in [6.45, 7) is 1.54. The number of amides is 1. The van der Waals surface area contributed by atoms with Gasteiger partial charge in [-0.2, -0.15) is 5.10 Å². The lowest BCUT2D eigenvalue weighted by molar-refractivity contribution is -0.118.